The van der Waals surface area contributed by atoms with Crippen molar-refractivity contribution < 1.29 is 9.13 Å². The summed E-state index contributed by atoms with van der Waals surface area (Å²) in [6.07, 6.45) is 1.93. The van der Waals surface area contributed by atoms with Crippen LogP contribution in [0, 0.1) is 12.7 Å². The van der Waals surface area contributed by atoms with Gasteiger partial charge in [0.25, 0.3) is 0 Å². The van der Waals surface area contributed by atoms with Crippen LogP contribution in [-0.2, 0) is 0 Å². The van der Waals surface area contributed by atoms with Crippen molar-refractivity contribution in [3.8, 4) is 17.0 Å². The Morgan fingerprint density at radius 3 is 2.58 bits per heavy atom. The first kappa shape index (κ1) is 11.7. The molecule has 0 aliphatic rings. The molecule has 0 radical (unpaired) electrons. The van der Waals surface area contributed by atoms with E-state index in [9.17, 15) is 4.39 Å². The summed E-state index contributed by atoms with van der Waals surface area (Å²) in [5.74, 6) is 0.478. The lowest BCUT2D eigenvalue weighted by atomic mass is 10.1. The van der Waals surface area contributed by atoms with Gasteiger partial charge in [0.05, 0.1) is 18.5 Å². The first-order valence-corrected chi connectivity index (χ1v) is 5.98. The van der Waals surface area contributed by atoms with E-state index in [0.717, 1.165) is 28.3 Å². The SMILES string of the molecule is COc1cccn2c(-c3ccc(F)cc3)c(C)nc12. The lowest BCUT2D eigenvalue weighted by Crippen LogP contribution is -1.92. The Hall–Kier alpha value is -2.36. The Kier molecular flexibility index (Phi) is 2.71. The van der Waals surface area contributed by atoms with Gasteiger partial charge in [-0.05, 0) is 43.3 Å². The van der Waals surface area contributed by atoms with Crippen molar-refractivity contribution in [1.82, 2.24) is 9.38 Å². The monoisotopic (exact) mass is 256 g/mol. The molecule has 0 saturated heterocycles. The van der Waals surface area contributed by atoms with E-state index >= 15 is 0 Å². The largest absolute Gasteiger partial charge is 0.493 e. The minimum atomic E-state index is -0.243. The lowest BCUT2D eigenvalue weighted by Gasteiger charge is -2.05. The molecule has 1 aromatic carbocycles. The van der Waals surface area contributed by atoms with Gasteiger partial charge < -0.3 is 4.74 Å². The van der Waals surface area contributed by atoms with Gasteiger partial charge in [0.1, 0.15) is 5.82 Å². The Balaban J connectivity index is 2.29. The predicted molar refractivity (Wildman–Crippen MR) is 71.9 cm³/mol. The lowest BCUT2D eigenvalue weighted by molar-refractivity contribution is 0.417. The number of hydrogen-bond donors (Lipinski definition) is 0. The van der Waals surface area contributed by atoms with Gasteiger partial charge in [0, 0.05) is 11.8 Å². The number of pyridine rings is 1. The number of ether oxygens (including phenoxy) is 1. The molecule has 0 bridgehead atoms. The van der Waals surface area contributed by atoms with Crippen molar-refractivity contribution in [2.24, 2.45) is 0 Å². The molecule has 0 fully saturated rings. The molecule has 0 aliphatic heterocycles. The van der Waals surface area contributed by atoms with Gasteiger partial charge in [0.15, 0.2) is 11.4 Å². The summed E-state index contributed by atoms with van der Waals surface area (Å²) < 4.78 is 20.3. The van der Waals surface area contributed by atoms with Crippen molar-refractivity contribution in [3.05, 3.63) is 54.1 Å². The number of aryl methyl sites for hydroxylation is 1. The maximum Gasteiger partial charge on any atom is 0.180 e. The fourth-order valence-electron chi connectivity index (χ4n) is 2.27. The van der Waals surface area contributed by atoms with Crippen molar-refractivity contribution >= 4 is 5.65 Å². The zero-order valence-electron chi connectivity index (χ0n) is 10.7. The average Bonchev–Trinajstić information content (AvgIpc) is 2.76. The molecule has 2 heterocycles. The zero-order chi connectivity index (χ0) is 13.4. The highest BCUT2D eigenvalue weighted by atomic mass is 19.1. The van der Waals surface area contributed by atoms with Crippen LogP contribution in [0.5, 0.6) is 5.75 Å². The van der Waals surface area contributed by atoms with Gasteiger partial charge in [-0.25, -0.2) is 9.37 Å². The zero-order valence-corrected chi connectivity index (χ0v) is 10.7. The second-order valence-corrected chi connectivity index (χ2v) is 4.32. The quantitative estimate of drug-likeness (QED) is 0.702. The molecule has 0 aliphatic carbocycles. The molecule has 96 valence electrons. The van der Waals surface area contributed by atoms with Crippen LogP contribution in [0.3, 0.4) is 0 Å². The molecule has 19 heavy (non-hydrogen) atoms. The number of aromatic nitrogens is 2. The van der Waals surface area contributed by atoms with E-state index in [2.05, 4.69) is 4.98 Å². The number of benzene rings is 1. The molecule has 4 heteroatoms. The second kappa shape index (κ2) is 4.39. The third kappa shape index (κ3) is 1.85. The standard InChI is InChI=1S/C15H13FN2O/c1-10-14(11-5-7-12(16)8-6-11)18-9-3-4-13(19-2)15(18)17-10/h3-9H,1-2H3. The van der Waals surface area contributed by atoms with Crippen LogP contribution in [-0.4, -0.2) is 16.5 Å². The fourth-order valence-corrected chi connectivity index (χ4v) is 2.27. The Morgan fingerprint density at radius 1 is 1.16 bits per heavy atom. The van der Waals surface area contributed by atoms with Gasteiger partial charge in [-0.2, -0.15) is 0 Å². The van der Waals surface area contributed by atoms with Crippen LogP contribution in [0.4, 0.5) is 4.39 Å². The molecule has 0 saturated carbocycles. The van der Waals surface area contributed by atoms with E-state index in [4.69, 9.17) is 4.74 Å². The van der Waals surface area contributed by atoms with Crippen molar-refractivity contribution in [1.29, 1.82) is 0 Å². The normalized spacial score (nSPS) is 10.9. The van der Waals surface area contributed by atoms with Crippen LogP contribution in [0.2, 0.25) is 0 Å². The molecule has 2 aromatic heterocycles. The van der Waals surface area contributed by atoms with Crippen LogP contribution >= 0.6 is 0 Å². The number of methoxy groups -OCH3 is 1. The number of fused-ring (bicyclic) bond motifs is 1. The highest BCUT2D eigenvalue weighted by molar-refractivity contribution is 5.70. The number of nitrogens with zero attached hydrogens (tertiary/aromatic N) is 2. The van der Waals surface area contributed by atoms with Crippen molar-refractivity contribution in [3.63, 3.8) is 0 Å². The van der Waals surface area contributed by atoms with Crippen LogP contribution < -0.4 is 4.74 Å². The summed E-state index contributed by atoms with van der Waals surface area (Å²) in [5.41, 5.74) is 3.53. The molecule has 0 spiro atoms. The van der Waals surface area contributed by atoms with Gasteiger partial charge in [0.2, 0.25) is 0 Å². The number of hydrogen-bond acceptors (Lipinski definition) is 2. The topological polar surface area (TPSA) is 26.5 Å². The number of halogens is 1. The van der Waals surface area contributed by atoms with Gasteiger partial charge in [-0.3, -0.25) is 4.40 Å². The van der Waals surface area contributed by atoms with Crippen molar-refractivity contribution in [2.45, 2.75) is 6.92 Å². The van der Waals surface area contributed by atoms with E-state index in [0.29, 0.717) is 0 Å². The predicted octanol–water partition coefficient (Wildman–Crippen LogP) is 3.46. The summed E-state index contributed by atoms with van der Waals surface area (Å²) in [6.45, 7) is 1.94. The summed E-state index contributed by atoms with van der Waals surface area (Å²) in [7, 11) is 1.62. The first-order chi connectivity index (χ1) is 9.20. The van der Waals surface area contributed by atoms with E-state index in [-0.39, 0.29) is 5.82 Å². The maximum absolute atomic E-state index is 13.0. The summed E-state index contributed by atoms with van der Waals surface area (Å²) in [4.78, 5) is 4.53. The third-order valence-electron chi connectivity index (χ3n) is 3.13. The molecule has 3 aromatic rings. The Morgan fingerprint density at radius 2 is 1.89 bits per heavy atom. The van der Waals surface area contributed by atoms with Crippen LogP contribution in [0.15, 0.2) is 42.6 Å². The fraction of sp³-hybridized carbons (Fsp3) is 0.133. The van der Waals surface area contributed by atoms with Crippen LogP contribution in [0.25, 0.3) is 16.9 Å². The number of imidazole rings is 1. The Labute approximate surface area is 110 Å². The smallest absolute Gasteiger partial charge is 0.180 e. The molecule has 0 N–H and O–H groups in total. The maximum atomic E-state index is 13.0. The average molecular weight is 256 g/mol. The highest BCUT2D eigenvalue weighted by Gasteiger charge is 2.13. The van der Waals surface area contributed by atoms with Gasteiger partial charge >= 0.3 is 0 Å². The van der Waals surface area contributed by atoms with Gasteiger partial charge in [-0.1, -0.05) is 0 Å². The minimum Gasteiger partial charge on any atom is -0.493 e. The van der Waals surface area contributed by atoms with E-state index in [1.54, 1.807) is 19.2 Å². The van der Waals surface area contributed by atoms with Crippen LogP contribution in [0.1, 0.15) is 5.69 Å². The summed E-state index contributed by atoms with van der Waals surface area (Å²) in [6, 6.07) is 10.2. The number of rotatable bonds is 2. The summed E-state index contributed by atoms with van der Waals surface area (Å²) in [5, 5.41) is 0. The molecule has 3 rings (SSSR count). The molecular weight excluding hydrogens is 243 g/mol. The molecule has 3 nitrogen and oxygen atoms in total. The van der Waals surface area contributed by atoms with E-state index in [1.165, 1.54) is 12.1 Å². The van der Waals surface area contributed by atoms with Crippen molar-refractivity contribution in [2.75, 3.05) is 7.11 Å². The minimum absolute atomic E-state index is 0.243. The third-order valence-corrected chi connectivity index (χ3v) is 3.13. The molecule has 0 amide bonds. The Bertz CT molecular complexity index is 732. The van der Waals surface area contributed by atoms with Gasteiger partial charge in [-0.15, -0.1) is 0 Å². The van der Waals surface area contributed by atoms with E-state index in [1.807, 2.05) is 29.7 Å². The summed E-state index contributed by atoms with van der Waals surface area (Å²) >= 11 is 0. The van der Waals surface area contributed by atoms with E-state index < -0.39 is 0 Å². The molecule has 0 unspecified atom stereocenters. The first-order valence-electron chi connectivity index (χ1n) is 5.98. The molecular formula is C15H13FN2O. The molecule has 0 atom stereocenters. The second-order valence-electron chi connectivity index (χ2n) is 4.32. The highest BCUT2D eigenvalue weighted by Crippen LogP contribution is 2.28.